The Balaban J connectivity index is 1.21. The number of nitrogens with one attached hydrogen (secondary N) is 1. The van der Waals surface area contributed by atoms with Crippen LogP contribution in [0.25, 0.3) is 10.9 Å². The highest BCUT2D eigenvalue weighted by molar-refractivity contribution is 7.71. The van der Waals surface area contributed by atoms with Crippen molar-refractivity contribution in [3.63, 3.8) is 0 Å². The zero-order chi connectivity index (χ0) is 22.2. The lowest BCUT2D eigenvalue weighted by Gasteiger charge is -2.36. The molecule has 0 aliphatic carbocycles. The SMILES string of the molecule is O=C(CC[C@H]1Nc2c3ccccc3nc(=S)n2C1=O)N1CCN(c2cccc(Cl)c2)CC1. The number of fused-ring (bicyclic) bond motifs is 3. The van der Waals surface area contributed by atoms with Gasteiger partial charge in [0, 0.05) is 48.7 Å². The molecular formula is C23H22ClN5O2S. The summed E-state index contributed by atoms with van der Waals surface area (Å²) in [7, 11) is 0. The third kappa shape index (κ3) is 3.84. The minimum atomic E-state index is -0.485. The summed E-state index contributed by atoms with van der Waals surface area (Å²) in [6, 6.07) is 14.9. The Morgan fingerprint density at radius 2 is 1.91 bits per heavy atom. The second-order valence-electron chi connectivity index (χ2n) is 8.02. The zero-order valence-electron chi connectivity index (χ0n) is 17.3. The minimum absolute atomic E-state index is 0.0629. The zero-order valence-corrected chi connectivity index (χ0v) is 18.9. The molecule has 1 amide bonds. The lowest BCUT2D eigenvalue weighted by molar-refractivity contribution is -0.131. The van der Waals surface area contributed by atoms with Crippen LogP contribution < -0.4 is 10.2 Å². The highest BCUT2D eigenvalue weighted by Crippen LogP contribution is 2.29. The number of carbonyl (C=O) groups excluding carboxylic acids is 2. The number of hydrogen-bond donors (Lipinski definition) is 1. The van der Waals surface area contributed by atoms with E-state index in [1.807, 2.05) is 53.4 Å². The molecule has 1 aromatic heterocycles. The van der Waals surface area contributed by atoms with Gasteiger partial charge in [0.1, 0.15) is 11.9 Å². The molecule has 3 heterocycles. The van der Waals surface area contributed by atoms with E-state index in [4.69, 9.17) is 23.8 Å². The van der Waals surface area contributed by atoms with E-state index in [1.165, 1.54) is 4.57 Å². The van der Waals surface area contributed by atoms with Crippen molar-refractivity contribution in [2.75, 3.05) is 36.4 Å². The molecule has 0 unspecified atom stereocenters. The summed E-state index contributed by atoms with van der Waals surface area (Å²) in [5.41, 5.74) is 1.82. The van der Waals surface area contributed by atoms with E-state index in [-0.39, 0.29) is 16.6 Å². The van der Waals surface area contributed by atoms with Crippen LogP contribution in [0.2, 0.25) is 5.02 Å². The second kappa shape index (κ2) is 8.52. The van der Waals surface area contributed by atoms with E-state index in [9.17, 15) is 9.59 Å². The average Bonchev–Trinajstić information content (AvgIpc) is 3.15. The van der Waals surface area contributed by atoms with Crippen molar-refractivity contribution in [2.24, 2.45) is 0 Å². The number of carbonyl (C=O) groups is 2. The Bertz CT molecular complexity index is 1270. The predicted molar refractivity (Wildman–Crippen MR) is 128 cm³/mol. The third-order valence-electron chi connectivity index (χ3n) is 6.07. The average molecular weight is 468 g/mol. The standard InChI is InChI=1S/C23H22ClN5O2S/c24-15-4-3-5-16(14-15)27-10-12-28(13-11-27)20(30)9-8-19-22(31)29-21(25-19)17-6-1-2-7-18(17)26-23(29)32/h1-7,14,19,25H,8-13H2/t19-/m1/s1. The number of para-hydroxylation sites is 1. The van der Waals surface area contributed by atoms with Crippen LogP contribution in [0.5, 0.6) is 0 Å². The second-order valence-corrected chi connectivity index (χ2v) is 8.82. The summed E-state index contributed by atoms with van der Waals surface area (Å²) in [5.74, 6) is 0.577. The van der Waals surface area contributed by atoms with Crippen molar-refractivity contribution in [3.8, 4) is 0 Å². The lowest BCUT2D eigenvalue weighted by Crippen LogP contribution is -2.49. The van der Waals surface area contributed by atoms with Gasteiger partial charge in [0.15, 0.2) is 0 Å². The molecule has 0 bridgehead atoms. The summed E-state index contributed by atoms with van der Waals surface area (Å²) in [6.45, 7) is 2.81. The number of piperazine rings is 1. The Hall–Kier alpha value is -2.97. The van der Waals surface area contributed by atoms with Crippen molar-refractivity contribution in [2.45, 2.75) is 18.9 Å². The van der Waals surface area contributed by atoms with Crippen LogP contribution >= 0.6 is 23.8 Å². The first-order valence-electron chi connectivity index (χ1n) is 10.6. The van der Waals surface area contributed by atoms with Gasteiger partial charge in [-0.05, 0) is 49.0 Å². The molecular weight excluding hydrogens is 446 g/mol. The smallest absolute Gasteiger partial charge is 0.257 e. The molecule has 2 aliphatic heterocycles. The molecule has 5 rings (SSSR count). The highest BCUT2D eigenvalue weighted by atomic mass is 35.5. The summed E-state index contributed by atoms with van der Waals surface area (Å²) >= 11 is 11.4. The molecule has 3 aromatic rings. The first-order chi connectivity index (χ1) is 15.5. The highest BCUT2D eigenvalue weighted by Gasteiger charge is 2.32. The fraction of sp³-hybridized carbons (Fsp3) is 0.304. The Labute approximate surface area is 195 Å². The molecule has 1 saturated heterocycles. The number of benzene rings is 2. The number of aromatic nitrogens is 2. The van der Waals surface area contributed by atoms with Crippen molar-refractivity contribution in [1.29, 1.82) is 0 Å². The molecule has 1 fully saturated rings. The van der Waals surface area contributed by atoms with E-state index >= 15 is 0 Å². The molecule has 0 spiro atoms. The molecule has 32 heavy (non-hydrogen) atoms. The molecule has 2 aromatic carbocycles. The first kappa shape index (κ1) is 20.9. The van der Waals surface area contributed by atoms with E-state index in [1.54, 1.807) is 0 Å². The number of halogens is 1. The van der Waals surface area contributed by atoms with Crippen LogP contribution in [-0.2, 0) is 4.79 Å². The molecule has 7 nitrogen and oxygen atoms in total. The summed E-state index contributed by atoms with van der Waals surface area (Å²) < 4.78 is 1.69. The maximum Gasteiger partial charge on any atom is 0.257 e. The van der Waals surface area contributed by atoms with Gasteiger partial charge in [0.05, 0.1) is 5.52 Å². The molecule has 1 atom stereocenters. The van der Waals surface area contributed by atoms with Gasteiger partial charge < -0.3 is 15.1 Å². The van der Waals surface area contributed by atoms with E-state index in [0.29, 0.717) is 36.8 Å². The van der Waals surface area contributed by atoms with Gasteiger partial charge >= 0.3 is 0 Å². The molecule has 2 aliphatic rings. The predicted octanol–water partition coefficient (Wildman–Crippen LogP) is 3.98. The topological polar surface area (TPSA) is 70.5 Å². The van der Waals surface area contributed by atoms with E-state index < -0.39 is 6.04 Å². The van der Waals surface area contributed by atoms with E-state index in [2.05, 4.69) is 15.2 Å². The largest absolute Gasteiger partial charge is 0.368 e. The van der Waals surface area contributed by atoms with Crippen molar-refractivity contribution in [1.82, 2.24) is 14.5 Å². The number of rotatable bonds is 4. The summed E-state index contributed by atoms with van der Waals surface area (Å²) in [6.07, 6.45) is 0.712. The van der Waals surface area contributed by atoms with Crippen LogP contribution in [-0.4, -0.2) is 58.5 Å². The number of hydrogen-bond acceptors (Lipinski definition) is 6. The monoisotopic (exact) mass is 467 g/mol. The third-order valence-corrected chi connectivity index (χ3v) is 6.58. The lowest BCUT2D eigenvalue weighted by atomic mass is 10.1. The van der Waals surface area contributed by atoms with E-state index in [0.717, 1.165) is 29.7 Å². The molecule has 1 N–H and O–H groups in total. The number of anilines is 2. The molecule has 9 heteroatoms. The van der Waals surface area contributed by atoms with Gasteiger partial charge in [0.2, 0.25) is 10.7 Å². The Morgan fingerprint density at radius 1 is 1.12 bits per heavy atom. The Kier molecular flexibility index (Phi) is 5.57. The first-order valence-corrected chi connectivity index (χ1v) is 11.4. The minimum Gasteiger partial charge on any atom is -0.368 e. The summed E-state index contributed by atoms with van der Waals surface area (Å²) in [4.78, 5) is 34.2. The van der Waals surface area contributed by atoms with Crippen LogP contribution in [0.4, 0.5) is 11.5 Å². The van der Waals surface area contributed by atoms with Gasteiger partial charge in [-0.2, -0.15) is 0 Å². The van der Waals surface area contributed by atoms with Crippen LogP contribution in [0.1, 0.15) is 17.6 Å². The fourth-order valence-electron chi connectivity index (χ4n) is 4.38. The van der Waals surface area contributed by atoms with Crippen molar-refractivity contribution < 1.29 is 9.59 Å². The summed E-state index contributed by atoms with van der Waals surface area (Å²) in [5, 5.41) is 4.83. The number of nitrogens with zero attached hydrogens (tertiary/aromatic N) is 4. The molecule has 0 radical (unpaired) electrons. The van der Waals surface area contributed by atoms with Crippen molar-refractivity contribution >= 4 is 58.0 Å². The van der Waals surface area contributed by atoms with Crippen LogP contribution in [0.15, 0.2) is 48.5 Å². The molecule has 164 valence electrons. The van der Waals surface area contributed by atoms with Gasteiger partial charge in [-0.1, -0.05) is 29.8 Å². The normalized spacial score (nSPS) is 18.0. The van der Waals surface area contributed by atoms with Crippen LogP contribution in [0, 0.1) is 4.77 Å². The number of amides is 1. The quantitative estimate of drug-likeness (QED) is 0.585. The maximum atomic E-state index is 12.9. The van der Waals surface area contributed by atoms with Crippen molar-refractivity contribution in [3.05, 3.63) is 58.3 Å². The van der Waals surface area contributed by atoms with Gasteiger partial charge in [0.25, 0.3) is 5.91 Å². The van der Waals surface area contributed by atoms with Gasteiger partial charge in [-0.3, -0.25) is 9.59 Å². The van der Waals surface area contributed by atoms with Crippen LogP contribution in [0.3, 0.4) is 0 Å². The van der Waals surface area contributed by atoms with Gasteiger partial charge in [-0.15, -0.1) is 0 Å². The molecule has 0 saturated carbocycles. The Morgan fingerprint density at radius 3 is 2.69 bits per heavy atom. The van der Waals surface area contributed by atoms with Gasteiger partial charge in [-0.25, -0.2) is 9.55 Å². The fourth-order valence-corrected chi connectivity index (χ4v) is 4.84. The maximum absolute atomic E-state index is 12.9.